The van der Waals surface area contributed by atoms with Gasteiger partial charge in [0.25, 0.3) is 0 Å². The quantitative estimate of drug-likeness (QED) is 0.509. The average Bonchev–Trinajstić information content (AvgIpc) is 2.95. The predicted octanol–water partition coefficient (Wildman–Crippen LogP) is 5.29. The van der Waals surface area contributed by atoms with E-state index in [9.17, 15) is 4.79 Å². The van der Waals surface area contributed by atoms with Crippen molar-refractivity contribution in [3.05, 3.63) is 89.5 Å². The highest BCUT2D eigenvalue weighted by Crippen LogP contribution is 2.50. The van der Waals surface area contributed by atoms with Crippen LogP contribution in [0, 0.1) is 0 Å². The molecule has 4 nitrogen and oxygen atoms in total. The Bertz CT molecular complexity index is 994. The summed E-state index contributed by atoms with van der Waals surface area (Å²) in [6.07, 6.45) is 1.75. The SMILES string of the molecule is COc1cc2c(cc1OC)[C@@H](Sc1ccccc1)[C@@H](c1ccccc1)N(C=O)CC2. The summed E-state index contributed by atoms with van der Waals surface area (Å²) in [6.45, 7) is 0.650. The van der Waals surface area contributed by atoms with E-state index in [4.69, 9.17) is 9.47 Å². The maximum Gasteiger partial charge on any atom is 0.210 e. The Hall–Kier alpha value is -2.92. The van der Waals surface area contributed by atoms with Crippen LogP contribution in [0.5, 0.6) is 11.5 Å². The Labute approximate surface area is 181 Å². The van der Waals surface area contributed by atoms with Gasteiger partial charge in [-0.1, -0.05) is 48.5 Å². The largest absolute Gasteiger partial charge is 0.493 e. The highest BCUT2D eigenvalue weighted by Gasteiger charge is 2.35. The topological polar surface area (TPSA) is 38.8 Å². The molecule has 4 rings (SSSR count). The maximum absolute atomic E-state index is 12.2. The lowest BCUT2D eigenvalue weighted by atomic mass is 9.95. The van der Waals surface area contributed by atoms with Gasteiger partial charge in [-0.05, 0) is 47.4 Å². The first-order valence-electron chi connectivity index (χ1n) is 9.97. The molecule has 0 N–H and O–H groups in total. The Balaban J connectivity index is 1.90. The monoisotopic (exact) mass is 419 g/mol. The van der Waals surface area contributed by atoms with Crippen LogP contribution in [0.15, 0.2) is 77.7 Å². The predicted molar refractivity (Wildman–Crippen MR) is 120 cm³/mol. The molecular formula is C25H25NO3S. The van der Waals surface area contributed by atoms with E-state index < -0.39 is 0 Å². The van der Waals surface area contributed by atoms with Crippen LogP contribution in [0.2, 0.25) is 0 Å². The van der Waals surface area contributed by atoms with E-state index in [-0.39, 0.29) is 11.3 Å². The molecule has 0 radical (unpaired) electrons. The molecular weight excluding hydrogens is 394 g/mol. The van der Waals surface area contributed by atoms with Gasteiger partial charge in [0.1, 0.15) is 0 Å². The van der Waals surface area contributed by atoms with Crippen molar-refractivity contribution < 1.29 is 14.3 Å². The summed E-state index contributed by atoms with van der Waals surface area (Å²) < 4.78 is 11.2. The lowest BCUT2D eigenvalue weighted by molar-refractivity contribution is -0.120. The number of ether oxygens (including phenoxy) is 2. The molecule has 1 heterocycles. The molecule has 0 saturated heterocycles. The number of fused-ring (bicyclic) bond motifs is 1. The Kier molecular flexibility index (Phi) is 6.29. The summed E-state index contributed by atoms with van der Waals surface area (Å²) in [5.74, 6) is 1.43. The standard InChI is InChI=1S/C25H25NO3S/c1-28-22-15-19-13-14-26(17-27)24(18-9-5-3-6-10-18)25(21(19)16-23(22)29-2)30-20-11-7-4-8-12-20/h3-12,15-17,24-25H,13-14H2,1-2H3/t24-,25-/m1/s1. The molecule has 1 aliphatic rings. The van der Waals surface area contributed by atoms with Crippen molar-refractivity contribution in [3.8, 4) is 11.5 Å². The van der Waals surface area contributed by atoms with Gasteiger partial charge in [-0.3, -0.25) is 4.79 Å². The molecule has 30 heavy (non-hydrogen) atoms. The lowest BCUT2D eigenvalue weighted by Crippen LogP contribution is -2.30. The van der Waals surface area contributed by atoms with E-state index in [1.807, 2.05) is 41.3 Å². The molecule has 1 aliphatic heterocycles. The molecule has 2 atom stereocenters. The van der Waals surface area contributed by atoms with Gasteiger partial charge < -0.3 is 14.4 Å². The lowest BCUT2D eigenvalue weighted by Gasteiger charge is -2.33. The molecule has 1 amide bonds. The fraction of sp³-hybridized carbons (Fsp3) is 0.240. The third kappa shape index (κ3) is 4.03. The van der Waals surface area contributed by atoms with E-state index in [0.29, 0.717) is 12.3 Å². The first kappa shape index (κ1) is 20.4. The number of benzene rings is 3. The minimum absolute atomic E-state index is 0.0114. The van der Waals surface area contributed by atoms with Crippen LogP contribution in [-0.4, -0.2) is 32.1 Å². The van der Waals surface area contributed by atoms with Crippen molar-refractivity contribution in [3.63, 3.8) is 0 Å². The second-order valence-electron chi connectivity index (χ2n) is 7.21. The molecule has 0 unspecified atom stereocenters. The summed E-state index contributed by atoms with van der Waals surface area (Å²) in [6, 6.07) is 24.7. The van der Waals surface area contributed by atoms with Crippen molar-refractivity contribution in [2.75, 3.05) is 20.8 Å². The van der Waals surface area contributed by atoms with Gasteiger partial charge >= 0.3 is 0 Å². The van der Waals surface area contributed by atoms with Crippen LogP contribution in [-0.2, 0) is 11.2 Å². The average molecular weight is 420 g/mol. The summed E-state index contributed by atoms with van der Waals surface area (Å²) in [7, 11) is 3.31. The van der Waals surface area contributed by atoms with Crippen LogP contribution in [0.4, 0.5) is 0 Å². The molecule has 0 aromatic heterocycles. The van der Waals surface area contributed by atoms with E-state index in [2.05, 4.69) is 36.4 Å². The molecule has 0 aliphatic carbocycles. The zero-order valence-corrected chi connectivity index (χ0v) is 18.0. The zero-order chi connectivity index (χ0) is 20.9. The number of carbonyl (C=O) groups is 1. The van der Waals surface area contributed by atoms with Gasteiger partial charge in [0, 0.05) is 11.4 Å². The van der Waals surface area contributed by atoms with Gasteiger partial charge in [0.2, 0.25) is 6.41 Å². The van der Waals surface area contributed by atoms with E-state index in [1.165, 1.54) is 11.1 Å². The van der Waals surface area contributed by atoms with Gasteiger partial charge in [-0.2, -0.15) is 0 Å². The number of thioether (sulfide) groups is 1. The molecule has 3 aromatic carbocycles. The van der Waals surface area contributed by atoms with Gasteiger partial charge in [0.15, 0.2) is 11.5 Å². The second kappa shape index (κ2) is 9.26. The summed E-state index contributed by atoms with van der Waals surface area (Å²) in [4.78, 5) is 15.2. The maximum atomic E-state index is 12.2. The van der Waals surface area contributed by atoms with Crippen LogP contribution < -0.4 is 9.47 Å². The smallest absolute Gasteiger partial charge is 0.210 e. The minimum atomic E-state index is -0.0896. The number of hydrogen-bond donors (Lipinski definition) is 0. The van der Waals surface area contributed by atoms with Crippen molar-refractivity contribution in [2.24, 2.45) is 0 Å². The van der Waals surface area contributed by atoms with E-state index in [1.54, 1.807) is 26.0 Å². The van der Waals surface area contributed by atoms with Crippen molar-refractivity contribution in [2.45, 2.75) is 22.6 Å². The normalized spacial score (nSPS) is 18.3. The second-order valence-corrected chi connectivity index (χ2v) is 8.42. The van der Waals surface area contributed by atoms with E-state index in [0.717, 1.165) is 29.0 Å². The summed E-state index contributed by atoms with van der Waals surface area (Å²) in [5, 5.41) is 0.0114. The zero-order valence-electron chi connectivity index (χ0n) is 17.2. The van der Waals surface area contributed by atoms with Crippen LogP contribution in [0.3, 0.4) is 0 Å². The van der Waals surface area contributed by atoms with Crippen molar-refractivity contribution in [1.29, 1.82) is 0 Å². The molecule has 5 heteroatoms. The minimum Gasteiger partial charge on any atom is -0.493 e. The Morgan fingerprint density at radius 3 is 2.20 bits per heavy atom. The number of carbonyl (C=O) groups excluding carboxylic acids is 1. The summed E-state index contributed by atoms with van der Waals surface area (Å²) in [5.41, 5.74) is 3.49. The van der Waals surface area contributed by atoms with E-state index >= 15 is 0 Å². The fourth-order valence-electron chi connectivity index (χ4n) is 4.06. The Morgan fingerprint density at radius 1 is 0.933 bits per heavy atom. The number of rotatable bonds is 6. The van der Waals surface area contributed by atoms with Crippen molar-refractivity contribution in [1.82, 2.24) is 4.90 Å². The molecule has 154 valence electrons. The molecule has 0 saturated carbocycles. The molecule has 3 aromatic rings. The third-order valence-corrected chi connectivity index (χ3v) is 6.83. The Morgan fingerprint density at radius 2 is 1.57 bits per heavy atom. The van der Waals surface area contributed by atoms with Crippen LogP contribution in [0.1, 0.15) is 28.0 Å². The first-order chi connectivity index (χ1) is 14.7. The molecule has 0 spiro atoms. The number of nitrogens with zero attached hydrogens (tertiary/aromatic N) is 1. The highest BCUT2D eigenvalue weighted by molar-refractivity contribution is 7.99. The van der Waals surface area contributed by atoms with Gasteiger partial charge in [-0.15, -0.1) is 11.8 Å². The fourth-order valence-corrected chi connectivity index (χ4v) is 5.46. The van der Waals surface area contributed by atoms with Gasteiger partial charge in [-0.25, -0.2) is 0 Å². The van der Waals surface area contributed by atoms with Crippen LogP contribution >= 0.6 is 11.8 Å². The number of hydrogen-bond acceptors (Lipinski definition) is 4. The van der Waals surface area contributed by atoms with Gasteiger partial charge in [0.05, 0.1) is 25.5 Å². The first-order valence-corrected chi connectivity index (χ1v) is 10.9. The number of amides is 1. The molecule has 0 bridgehead atoms. The third-order valence-electron chi connectivity index (χ3n) is 5.52. The molecule has 0 fully saturated rings. The number of methoxy groups -OCH3 is 2. The van der Waals surface area contributed by atoms with Crippen LogP contribution in [0.25, 0.3) is 0 Å². The highest BCUT2D eigenvalue weighted by atomic mass is 32.2. The summed E-state index contributed by atoms with van der Waals surface area (Å²) >= 11 is 1.78. The van der Waals surface area contributed by atoms with Crippen molar-refractivity contribution >= 4 is 18.2 Å².